The Bertz CT molecular complexity index is 587. The van der Waals surface area contributed by atoms with Crippen molar-refractivity contribution in [3.63, 3.8) is 0 Å². The van der Waals surface area contributed by atoms with E-state index in [2.05, 4.69) is 17.0 Å². The number of nitrogens with zero attached hydrogens (tertiary/aromatic N) is 4. The molecule has 1 aromatic carbocycles. The zero-order valence-corrected chi connectivity index (χ0v) is 13.3. The lowest BCUT2D eigenvalue weighted by Crippen LogP contribution is -2.36. The number of rotatable bonds is 5. The molecule has 0 radical (unpaired) electrons. The van der Waals surface area contributed by atoms with E-state index in [0.29, 0.717) is 25.9 Å². The predicted molar refractivity (Wildman–Crippen MR) is 87.4 cm³/mol. The molecule has 5 nitrogen and oxygen atoms in total. The van der Waals surface area contributed by atoms with Gasteiger partial charge >= 0.3 is 0 Å². The predicted octanol–water partition coefficient (Wildman–Crippen LogP) is 2.28. The Labute approximate surface area is 137 Å². The molecule has 0 N–H and O–H groups in total. The fraction of sp³-hybridized carbons (Fsp3) is 0.500. The van der Waals surface area contributed by atoms with E-state index in [1.165, 1.54) is 0 Å². The zero-order chi connectivity index (χ0) is 16.5. The van der Waals surface area contributed by atoms with E-state index in [9.17, 15) is 10.1 Å². The Kier molecular flexibility index (Phi) is 6.59. The maximum Gasteiger partial charge on any atom is 0.253 e. The van der Waals surface area contributed by atoms with Gasteiger partial charge in [0.15, 0.2) is 0 Å². The lowest BCUT2D eigenvalue weighted by molar-refractivity contribution is 0.0761. The van der Waals surface area contributed by atoms with Crippen LogP contribution in [0.5, 0.6) is 0 Å². The quantitative estimate of drug-likeness (QED) is 0.836. The summed E-state index contributed by atoms with van der Waals surface area (Å²) in [6, 6.07) is 13.7. The first kappa shape index (κ1) is 17.0. The first-order valence-electron chi connectivity index (χ1n) is 8.08. The standard InChI is InChI=1S/C18H22N4O/c19-9-4-6-16(14-20)15-21-10-5-11-22(13-12-21)18(23)17-7-2-1-3-8-17/h1-3,7-8,16H,4-6,10-13,15H2/t16-/m0/s1. The molecule has 1 fully saturated rings. The van der Waals surface area contributed by atoms with Crippen molar-refractivity contribution in [3.05, 3.63) is 35.9 Å². The SMILES string of the molecule is N#CCC[C@@H](C#N)CN1CCCN(C(=O)c2ccccc2)CC1. The molecule has 1 atom stereocenters. The Morgan fingerprint density at radius 3 is 2.61 bits per heavy atom. The van der Waals surface area contributed by atoms with Crippen molar-refractivity contribution in [3.8, 4) is 12.1 Å². The lowest BCUT2D eigenvalue weighted by atomic mass is 10.0. The third kappa shape index (κ3) is 5.09. The Hall–Kier alpha value is -2.37. The van der Waals surface area contributed by atoms with Crippen LogP contribution in [0, 0.1) is 28.6 Å². The highest BCUT2D eigenvalue weighted by Gasteiger charge is 2.21. The minimum absolute atomic E-state index is 0.0776. The van der Waals surface area contributed by atoms with Gasteiger partial charge in [-0.2, -0.15) is 10.5 Å². The molecule has 23 heavy (non-hydrogen) atoms. The third-order valence-corrected chi connectivity index (χ3v) is 4.16. The van der Waals surface area contributed by atoms with Crippen molar-refractivity contribution < 1.29 is 4.79 Å². The van der Waals surface area contributed by atoms with Crippen LogP contribution >= 0.6 is 0 Å². The molecule has 120 valence electrons. The molecule has 0 bridgehead atoms. The Morgan fingerprint density at radius 2 is 1.91 bits per heavy atom. The first-order chi connectivity index (χ1) is 11.2. The third-order valence-electron chi connectivity index (χ3n) is 4.16. The zero-order valence-electron chi connectivity index (χ0n) is 13.3. The molecule has 1 aliphatic heterocycles. The minimum atomic E-state index is -0.106. The van der Waals surface area contributed by atoms with Gasteiger partial charge in [0.2, 0.25) is 0 Å². The van der Waals surface area contributed by atoms with Gasteiger partial charge in [0.05, 0.1) is 18.1 Å². The number of nitriles is 2. The number of hydrogen-bond donors (Lipinski definition) is 0. The van der Waals surface area contributed by atoms with Crippen LogP contribution in [0.1, 0.15) is 29.6 Å². The van der Waals surface area contributed by atoms with Crippen molar-refractivity contribution in [2.45, 2.75) is 19.3 Å². The second kappa shape index (κ2) is 8.92. The van der Waals surface area contributed by atoms with Crippen LogP contribution < -0.4 is 0 Å². The molecule has 0 aliphatic carbocycles. The van der Waals surface area contributed by atoms with E-state index in [1.807, 2.05) is 35.2 Å². The van der Waals surface area contributed by atoms with Crippen molar-refractivity contribution in [2.75, 3.05) is 32.7 Å². The smallest absolute Gasteiger partial charge is 0.253 e. The molecule has 1 amide bonds. The van der Waals surface area contributed by atoms with Gasteiger partial charge in [0, 0.05) is 38.2 Å². The normalized spacial score (nSPS) is 16.9. The molecule has 1 heterocycles. The van der Waals surface area contributed by atoms with Crippen molar-refractivity contribution in [2.24, 2.45) is 5.92 Å². The summed E-state index contributed by atoms with van der Waals surface area (Å²) in [5.41, 5.74) is 0.727. The summed E-state index contributed by atoms with van der Waals surface area (Å²) in [6.07, 6.45) is 1.95. The van der Waals surface area contributed by atoms with Crippen LogP contribution in [0.15, 0.2) is 30.3 Å². The first-order valence-corrected chi connectivity index (χ1v) is 8.08. The average molecular weight is 310 g/mol. The van der Waals surface area contributed by atoms with E-state index in [4.69, 9.17) is 5.26 Å². The van der Waals surface area contributed by atoms with Gasteiger partial charge in [-0.25, -0.2) is 0 Å². The molecular weight excluding hydrogens is 288 g/mol. The topological polar surface area (TPSA) is 71.1 Å². The maximum atomic E-state index is 12.5. The van der Waals surface area contributed by atoms with Gasteiger partial charge in [-0.05, 0) is 31.5 Å². The lowest BCUT2D eigenvalue weighted by Gasteiger charge is -2.23. The van der Waals surface area contributed by atoms with Crippen molar-refractivity contribution in [1.82, 2.24) is 9.80 Å². The molecule has 2 rings (SSSR count). The van der Waals surface area contributed by atoms with Crippen molar-refractivity contribution in [1.29, 1.82) is 10.5 Å². The summed E-state index contributed by atoms with van der Waals surface area (Å²) in [4.78, 5) is 16.6. The number of amides is 1. The average Bonchev–Trinajstić information content (AvgIpc) is 2.84. The highest BCUT2D eigenvalue weighted by atomic mass is 16.2. The van der Waals surface area contributed by atoms with Crippen LogP contribution in [-0.4, -0.2) is 48.4 Å². The van der Waals surface area contributed by atoms with Crippen LogP contribution in [0.3, 0.4) is 0 Å². The molecule has 0 aromatic heterocycles. The van der Waals surface area contributed by atoms with Gasteiger partial charge in [-0.15, -0.1) is 0 Å². The summed E-state index contributed by atoms with van der Waals surface area (Å²) in [6.45, 7) is 3.79. The summed E-state index contributed by atoms with van der Waals surface area (Å²) in [5.74, 6) is -0.0280. The van der Waals surface area contributed by atoms with Crippen LogP contribution in [-0.2, 0) is 0 Å². The van der Waals surface area contributed by atoms with E-state index in [1.54, 1.807) is 0 Å². The van der Waals surface area contributed by atoms with Crippen molar-refractivity contribution >= 4 is 5.91 Å². The largest absolute Gasteiger partial charge is 0.337 e. The molecule has 1 aromatic rings. The molecule has 0 saturated carbocycles. The van der Waals surface area contributed by atoms with Crippen LogP contribution in [0.25, 0.3) is 0 Å². The van der Waals surface area contributed by atoms with E-state index in [0.717, 1.165) is 31.6 Å². The maximum absolute atomic E-state index is 12.5. The fourth-order valence-corrected chi connectivity index (χ4v) is 2.87. The summed E-state index contributed by atoms with van der Waals surface area (Å²) >= 11 is 0. The van der Waals surface area contributed by atoms with E-state index >= 15 is 0 Å². The van der Waals surface area contributed by atoms with E-state index in [-0.39, 0.29) is 11.8 Å². The van der Waals surface area contributed by atoms with Gasteiger partial charge in [0.1, 0.15) is 0 Å². The Balaban J connectivity index is 1.88. The highest BCUT2D eigenvalue weighted by Crippen LogP contribution is 2.12. The van der Waals surface area contributed by atoms with E-state index < -0.39 is 0 Å². The number of carbonyl (C=O) groups is 1. The highest BCUT2D eigenvalue weighted by molar-refractivity contribution is 5.94. The summed E-state index contributed by atoms with van der Waals surface area (Å²) in [7, 11) is 0. The summed E-state index contributed by atoms with van der Waals surface area (Å²) < 4.78 is 0. The van der Waals surface area contributed by atoms with Gasteiger partial charge in [-0.1, -0.05) is 18.2 Å². The van der Waals surface area contributed by atoms with Gasteiger partial charge < -0.3 is 9.80 Å². The number of benzene rings is 1. The second-order valence-electron chi connectivity index (χ2n) is 5.84. The fourth-order valence-electron chi connectivity index (χ4n) is 2.87. The van der Waals surface area contributed by atoms with Crippen LogP contribution in [0.2, 0.25) is 0 Å². The number of hydrogen-bond acceptors (Lipinski definition) is 4. The minimum Gasteiger partial charge on any atom is -0.337 e. The number of carbonyl (C=O) groups excluding carboxylic acids is 1. The molecule has 0 spiro atoms. The molecule has 5 heteroatoms. The van der Waals surface area contributed by atoms with Gasteiger partial charge in [-0.3, -0.25) is 4.79 Å². The molecule has 1 aliphatic rings. The summed E-state index contributed by atoms with van der Waals surface area (Å²) in [5, 5.41) is 17.8. The molecule has 1 saturated heterocycles. The Morgan fingerprint density at radius 1 is 1.13 bits per heavy atom. The van der Waals surface area contributed by atoms with Crippen LogP contribution in [0.4, 0.5) is 0 Å². The monoisotopic (exact) mass is 310 g/mol. The molecular formula is C18H22N4O. The second-order valence-corrected chi connectivity index (χ2v) is 5.84. The van der Waals surface area contributed by atoms with Gasteiger partial charge in [0.25, 0.3) is 5.91 Å². The molecule has 0 unspecified atom stereocenters.